The first-order valence-corrected chi connectivity index (χ1v) is 9.89. The van der Waals surface area contributed by atoms with Gasteiger partial charge in [-0.25, -0.2) is 9.07 Å². The molecule has 0 aliphatic heterocycles. The van der Waals surface area contributed by atoms with Gasteiger partial charge in [0.2, 0.25) is 0 Å². The van der Waals surface area contributed by atoms with Crippen molar-refractivity contribution >= 4 is 21.8 Å². The van der Waals surface area contributed by atoms with Crippen LogP contribution >= 0.6 is 15.9 Å². The van der Waals surface area contributed by atoms with E-state index in [1.807, 2.05) is 44.2 Å². The van der Waals surface area contributed by atoms with Gasteiger partial charge < -0.3 is 5.32 Å². The average Bonchev–Trinajstić information content (AvgIpc) is 3.07. The van der Waals surface area contributed by atoms with Gasteiger partial charge in [0.1, 0.15) is 11.5 Å². The molecule has 0 unspecified atom stereocenters. The standard InChI is InChI=1S/C21H21BrFN3O/c1-14(2)19-18(12-22)25-26(17-10-8-16(23)9-11-17)20(19)21(27)24-13-15-6-4-3-5-7-15/h3-11,14H,12-13H2,1-2H3,(H,24,27). The number of hydrogen-bond acceptors (Lipinski definition) is 2. The molecule has 0 radical (unpaired) electrons. The van der Waals surface area contributed by atoms with Crippen LogP contribution in [0.5, 0.6) is 0 Å². The Morgan fingerprint density at radius 1 is 1.15 bits per heavy atom. The number of halogens is 2. The first-order valence-electron chi connectivity index (χ1n) is 8.77. The maximum absolute atomic E-state index is 13.3. The summed E-state index contributed by atoms with van der Waals surface area (Å²) in [5.74, 6) is -0.415. The van der Waals surface area contributed by atoms with Crippen molar-refractivity contribution in [3.05, 3.63) is 82.9 Å². The van der Waals surface area contributed by atoms with E-state index in [0.717, 1.165) is 16.8 Å². The lowest BCUT2D eigenvalue weighted by molar-refractivity contribution is 0.0941. The molecule has 0 aliphatic carbocycles. The van der Waals surface area contributed by atoms with Gasteiger partial charge in [-0.3, -0.25) is 4.79 Å². The Bertz CT molecular complexity index is 921. The number of alkyl halides is 1. The van der Waals surface area contributed by atoms with Gasteiger partial charge in [0.05, 0.1) is 11.4 Å². The Morgan fingerprint density at radius 3 is 2.41 bits per heavy atom. The summed E-state index contributed by atoms with van der Waals surface area (Å²) >= 11 is 3.47. The molecule has 3 aromatic rings. The van der Waals surface area contributed by atoms with Crippen LogP contribution in [0.3, 0.4) is 0 Å². The smallest absolute Gasteiger partial charge is 0.270 e. The molecule has 1 aromatic heterocycles. The van der Waals surface area contributed by atoms with Crippen LogP contribution in [0.15, 0.2) is 54.6 Å². The number of benzene rings is 2. The molecule has 1 heterocycles. The van der Waals surface area contributed by atoms with Crippen molar-refractivity contribution in [1.29, 1.82) is 0 Å². The second kappa shape index (κ2) is 8.48. The summed E-state index contributed by atoms with van der Waals surface area (Å²) in [6, 6.07) is 15.7. The minimum atomic E-state index is -0.328. The van der Waals surface area contributed by atoms with Crippen LogP contribution < -0.4 is 5.32 Å². The van der Waals surface area contributed by atoms with Crippen molar-refractivity contribution in [2.24, 2.45) is 0 Å². The molecular weight excluding hydrogens is 409 g/mol. The zero-order valence-corrected chi connectivity index (χ0v) is 16.8. The maximum atomic E-state index is 13.3. The molecule has 6 heteroatoms. The molecule has 0 fully saturated rings. The van der Waals surface area contributed by atoms with E-state index in [0.29, 0.717) is 23.3 Å². The van der Waals surface area contributed by atoms with E-state index in [-0.39, 0.29) is 17.6 Å². The SMILES string of the molecule is CC(C)c1c(CBr)nn(-c2ccc(F)cc2)c1C(=O)NCc1ccccc1. The van der Waals surface area contributed by atoms with Crippen LogP contribution in [0, 0.1) is 5.82 Å². The van der Waals surface area contributed by atoms with Crippen LogP contribution in [-0.2, 0) is 11.9 Å². The molecule has 140 valence electrons. The molecule has 0 saturated heterocycles. The van der Waals surface area contributed by atoms with Crippen LogP contribution in [0.1, 0.15) is 47.1 Å². The fraction of sp³-hybridized carbons (Fsp3) is 0.238. The fourth-order valence-corrected chi connectivity index (χ4v) is 3.44. The highest BCUT2D eigenvalue weighted by Crippen LogP contribution is 2.28. The molecule has 4 nitrogen and oxygen atoms in total. The Hall–Kier alpha value is -2.47. The zero-order valence-electron chi connectivity index (χ0n) is 15.2. The second-order valence-electron chi connectivity index (χ2n) is 6.55. The number of nitrogens with zero attached hydrogens (tertiary/aromatic N) is 2. The molecule has 1 N–H and O–H groups in total. The van der Waals surface area contributed by atoms with Crippen LogP contribution in [0.25, 0.3) is 5.69 Å². The van der Waals surface area contributed by atoms with E-state index in [1.165, 1.54) is 12.1 Å². The lowest BCUT2D eigenvalue weighted by Crippen LogP contribution is -2.26. The fourth-order valence-electron chi connectivity index (χ4n) is 3.03. The summed E-state index contributed by atoms with van der Waals surface area (Å²) in [7, 11) is 0. The topological polar surface area (TPSA) is 46.9 Å². The van der Waals surface area contributed by atoms with Crippen molar-refractivity contribution in [3.63, 3.8) is 0 Å². The highest BCUT2D eigenvalue weighted by molar-refractivity contribution is 9.08. The highest BCUT2D eigenvalue weighted by atomic mass is 79.9. The van der Waals surface area contributed by atoms with E-state index in [2.05, 4.69) is 26.3 Å². The third-order valence-corrected chi connectivity index (χ3v) is 4.82. The number of carbonyl (C=O) groups excluding carboxylic acids is 1. The summed E-state index contributed by atoms with van der Waals surface area (Å²) in [4.78, 5) is 13.1. The van der Waals surface area contributed by atoms with Crippen LogP contribution in [-0.4, -0.2) is 15.7 Å². The second-order valence-corrected chi connectivity index (χ2v) is 7.11. The maximum Gasteiger partial charge on any atom is 0.270 e. The molecular formula is C21H21BrFN3O. The predicted octanol–water partition coefficient (Wildman–Crippen LogP) is 4.96. The van der Waals surface area contributed by atoms with Crippen LogP contribution in [0.2, 0.25) is 0 Å². The normalized spacial score (nSPS) is 11.0. The zero-order chi connectivity index (χ0) is 19.4. The molecule has 2 aromatic carbocycles. The molecule has 27 heavy (non-hydrogen) atoms. The largest absolute Gasteiger partial charge is 0.347 e. The Balaban J connectivity index is 2.01. The van der Waals surface area contributed by atoms with Gasteiger partial charge in [-0.15, -0.1) is 0 Å². The van der Waals surface area contributed by atoms with Crippen LogP contribution in [0.4, 0.5) is 4.39 Å². The quantitative estimate of drug-likeness (QED) is 0.562. The Morgan fingerprint density at radius 2 is 1.81 bits per heavy atom. The van der Waals surface area contributed by atoms with Gasteiger partial charge in [-0.1, -0.05) is 60.1 Å². The molecule has 0 atom stereocenters. The Kier molecular flexibility index (Phi) is 6.06. The van der Waals surface area contributed by atoms with Crippen molar-refractivity contribution < 1.29 is 9.18 Å². The van der Waals surface area contributed by atoms with Gasteiger partial charge >= 0.3 is 0 Å². The summed E-state index contributed by atoms with van der Waals surface area (Å²) in [5.41, 5.74) is 3.85. The molecule has 3 rings (SSSR count). The highest BCUT2D eigenvalue weighted by Gasteiger charge is 2.25. The summed E-state index contributed by atoms with van der Waals surface area (Å²) in [6.07, 6.45) is 0. The van der Waals surface area contributed by atoms with E-state index < -0.39 is 0 Å². The van der Waals surface area contributed by atoms with Gasteiger partial charge in [0, 0.05) is 17.4 Å². The summed E-state index contributed by atoms with van der Waals surface area (Å²) in [5, 5.41) is 8.13. The van der Waals surface area contributed by atoms with Crippen molar-refractivity contribution in [1.82, 2.24) is 15.1 Å². The van der Waals surface area contributed by atoms with Crippen molar-refractivity contribution in [3.8, 4) is 5.69 Å². The number of rotatable bonds is 6. The predicted molar refractivity (Wildman–Crippen MR) is 108 cm³/mol. The molecule has 0 spiro atoms. The summed E-state index contributed by atoms with van der Waals surface area (Å²) < 4.78 is 14.9. The van der Waals surface area contributed by atoms with Crippen molar-refractivity contribution in [2.45, 2.75) is 31.6 Å². The number of nitrogens with one attached hydrogen (secondary N) is 1. The lowest BCUT2D eigenvalue weighted by Gasteiger charge is -2.12. The minimum absolute atomic E-state index is 0.115. The number of carbonyl (C=O) groups is 1. The first kappa shape index (κ1) is 19.3. The van der Waals surface area contributed by atoms with E-state index in [4.69, 9.17) is 0 Å². The monoisotopic (exact) mass is 429 g/mol. The van der Waals surface area contributed by atoms with E-state index in [9.17, 15) is 9.18 Å². The Labute approximate surface area is 166 Å². The number of hydrogen-bond donors (Lipinski definition) is 1. The third-order valence-electron chi connectivity index (χ3n) is 4.28. The van der Waals surface area contributed by atoms with Gasteiger partial charge in [-0.05, 0) is 35.7 Å². The van der Waals surface area contributed by atoms with Gasteiger partial charge in [-0.2, -0.15) is 5.10 Å². The van der Waals surface area contributed by atoms with E-state index >= 15 is 0 Å². The minimum Gasteiger partial charge on any atom is -0.347 e. The van der Waals surface area contributed by atoms with Gasteiger partial charge in [0.25, 0.3) is 5.91 Å². The number of aromatic nitrogens is 2. The third kappa shape index (κ3) is 4.27. The van der Waals surface area contributed by atoms with E-state index in [1.54, 1.807) is 16.8 Å². The molecule has 0 bridgehead atoms. The molecule has 0 saturated carbocycles. The average molecular weight is 430 g/mol. The van der Waals surface area contributed by atoms with Crippen molar-refractivity contribution in [2.75, 3.05) is 0 Å². The van der Waals surface area contributed by atoms with Gasteiger partial charge in [0.15, 0.2) is 0 Å². The number of amides is 1. The first-order chi connectivity index (χ1) is 13.0. The molecule has 0 aliphatic rings. The summed E-state index contributed by atoms with van der Waals surface area (Å²) in [6.45, 7) is 4.49. The lowest BCUT2D eigenvalue weighted by atomic mass is 10.00. The molecule has 1 amide bonds.